The van der Waals surface area contributed by atoms with E-state index < -0.39 is 0 Å². The van der Waals surface area contributed by atoms with Gasteiger partial charge in [-0.3, -0.25) is 4.79 Å². The maximum Gasteiger partial charge on any atom is 0.224 e. The second kappa shape index (κ2) is 1.68. The summed E-state index contributed by atoms with van der Waals surface area (Å²) < 4.78 is 0. The largest absolute Gasteiger partial charge is 0.347 e. The van der Waals surface area contributed by atoms with Crippen molar-refractivity contribution in [2.24, 2.45) is 11.8 Å². The van der Waals surface area contributed by atoms with Crippen molar-refractivity contribution in [2.75, 3.05) is 0 Å². The van der Waals surface area contributed by atoms with Crippen LogP contribution in [0, 0.1) is 11.8 Å². The van der Waals surface area contributed by atoms with E-state index in [1.165, 1.54) is 5.57 Å². The molecule has 0 spiro atoms. The minimum absolute atomic E-state index is 0.0133. The summed E-state index contributed by atoms with van der Waals surface area (Å²) in [5, 5.41) is 2.99. The first-order valence-corrected chi connectivity index (χ1v) is 4.06. The van der Waals surface area contributed by atoms with Crippen molar-refractivity contribution in [1.29, 1.82) is 0 Å². The minimum Gasteiger partial charge on any atom is -0.347 e. The molecule has 0 aromatic heterocycles. The van der Waals surface area contributed by atoms with Gasteiger partial charge in [0, 0.05) is 11.8 Å². The van der Waals surface area contributed by atoms with Gasteiger partial charge in [0.2, 0.25) is 5.91 Å². The Kier molecular flexibility index (Phi) is 1.05. The summed E-state index contributed by atoms with van der Waals surface area (Å²) in [7, 11) is 0. The van der Waals surface area contributed by atoms with E-state index in [9.17, 15) is 4.79 Å². The molecule has 1 aliphatic heterocycles. The lowest BCUT2D eigenvalue weighted by Gasteiger charge is -2.39. The molecule has 1 amide bonds. The predicted molar refractivity (Wildman–Crippen MR) is 43.0 cm³/mol. The SMILES string of the molecule is CC1=C[C@]2(C)NC(=O)[C@H](C)[C@@H]12. The zero-order valence-electron chi connectivity index (χ0n) is 7.14. The maximum atomic E-state index is 11.2. The average Bonchev–Trinajstić information content (AvgIpc) is 2.00. The highest BCUT2D eigenvalue weighted by molar-refractivity contribution is 5.85. The number of fused-ring (bicyclic) bond motifs is 1. The topological polar surface area (TPSA) is 29.1 Å². The number of hydrogen-bond acceptors (Lipinski definition) is 1. The molecule has 2 nitrogen and oxygen atoms in total. The summed E-state index contributed by atoms with van der Waals surface area (Å²) in [5.74, 6) is 0.825. The van der Waals surface area contributed by atoms with Crippen LogP contribution in [0.5, 0.6) is 0 Å². The molecular formula is C9H13NO. The molecule has 3 atom stereocenters. The van der Waals surface area contributed by atoms with Gasteiger partial charge in [-0.2, -0.15) is 0 Å². The van der Waals surface area contributed by atoms with Crippen molar-refractivity contribution in [3.8, 4) is 0 Å². The number of rotatable bonds is 0. The van der Waals surface area contributed by atoms with Crippen LogP contribution in [0.1, 0.15) is 20.8 Å². The van der Waals surface area contributed by atoms with Crippen LogP contribution >= 0.6 is 0 Å². The molecule has 0 aromatic rings. The van der Waals surface area contributed by atoms with Gasteiger partial charge >= 0.3 is 0 Å². The van der Waals surface area contributed by atoms with Crippen LogP contribution in [0.2, 0.25) is 0 Å². The molecule has 0 bridgehead atoms. The Morgan fingerprint density at radius 1 is 1.64 bits per heavy atom. The number of carbonyl (C=O) groups is 1. The fourth-order valence-electron chi connectivity index (χ4n) is 2.59. The number of carbonyl (C=O) groups excluding carboxylic acids is 1. The molecule has 2 rings (SSSR count). The molecule has 11 heavy (non-hydrogen) atoms. The van der Waals surface area contributed by atoms with Gasteiger partial charge in [0.15, 0.2) is 0 Å². The summed E-state index contributed by atoms with van der Waals surface area (Å²) in [6.07, 6.45) is 2.15. The van der Waals surface area contributed by atoms with Crippen molar-refractivity contribution >= 4 is 5.91 Å². The molecule has 0 aromatic carbocycles. The zero-order valence-corrected chi connectivity index (χ0v) is 7.14. The molecule has 1 fully saturated rings. The second-order valence-corrected chi connectivity index (χ2v) is 3.93. The maximum absolute atomic E-state index is 11.2. The molecule has 2 aliphatic rings. The summed E-state index contributed by atoms with van der Waals surface area (Å²) in [6, 6.07) is 0. The van der Waals surface area contributed by atoms with Crippen LogP contribution in [0.15, 0.2) is 11.6 Å². The summed E-state index contributed by atoms with van der Waals surface area (Å²) >= 11 is 0. The van der Waals surface area contributed by atoms with Crippen molar-refractivity contribution in [3.05, 3.63) is 11.6 Å². The van der Waals surface area contributed by atoms with Gasteiger partial charge in [0.05, 0.1) is 5.54 Å². The first-order chi connectivity index (χ1) is 5.04. The van der Waals surface area contributed by atoms with E-state index in [1.54, 1.807) is 0 Å². The first kappa shape index (κ1) is 6.89. The Labute approximate surface area is 66.7 Å². The van der Waals surface area contributed by atoms with E-state index in [2.05, 4.69) is 25.2 Å². The fourth-order valence-corrected chi connectivity index (χ4v) is 2.59. The minimum atomic E-state index is -0.0133. The van der Waals surface area contributed by atoms with Gasteiger partial charge < -0.3 is 5.32 Å². The normalized spacial score (nSPS) is 47.5. The molecule has 2 heteroatoms. The van der Waals surface area contributed by atoms with Crippen molar-refractivity contribution in [2.45, 2.75) is 26.3 Å². The average molecular weight is 151 g/mol. The van der Waals surface area contributed by atoms with E-state index in [0.717, 1.165) is 0 Å². The van der Waals surface area contributed by atoms with Crippen molar-refractivity contribution in [3.63, 3.8) is 0 Å². The van der Waals surface area contributed by atoms with Crippen LogP contribution in [-0.2, 0) is 4.79 Å². The highest BCUT2D eigenvalue weighted by atomic mass is 16.2. The monoisotopic (exact) mass is 151 g/mol. The zero-order chi connectivity index (χ0) is 8.22. The molecule has 0 unspecified atom stereocenters. The Morgan fingerprint density at radius 2 is 2.27 bits per heavy atom. The van der Waals surface area contributed by atoms with Crippen LogP contribution < -0.4 is 5.32 Å². The van der Waals surface area contributed by atoms with Crippen LogP contribution in [-0.4, -0.2) is 11.4 Å². The predicted octanol–water partition coefficient (Wildman–Crippen LogP) is 1.09. The third-order valence-electron chi connectivity index (χ3n) is 2.97. The van der Waals surface area contributed by atoms with Gasteiger partial charge in [-0.25, -0.2) is 0 Å². The Hall–Kier alpha value is -0.790. The highest BCUT2D eigenvalue weighted by Crippen LogP contribution is 2.46. The quantitative estimate of drug-likeness (QED) is 0.516. The highest BCUT2D eigenvalue weighted by Gasteiger charge is 2.52. The molecule has 60 valence electrons. The third-order valence-corrected chi connectivity index (χ3v) is 2.97. The third kappa shape index (κ3) is 0.647. The Balaban J connectivity index is 2.36. The van der Waals surface area contributed by atoms with E-state index in [4.69, 9.17) is 0 Å². The van der Waals surface area contributed by atoms with E-state index in [0.29, 0.717) is 5.92 Å². The van der Waals surface area contributed by atoms with Crippen LogP contribution in [0.25, 0.3) is 0 Å². The summed E-state index contributed by atoms with van der Waals surface area (Å²) in [5.41, 5.74) is 1.35. The molecule has 0 radical (unpaired) electrons. The Morgan fingerprint density at radius 3 is 2.64 bits per heavy atom. The van der Waals surface area contributed by atoms with Crippen LogP contribution in [0.4, 0.5) is 0 Å². The molecule has 1 heterocycles. The van der Waals surface area contributed by atoms with Gasteiger partial charge in [0.1, 0.15) is 0 Å². The lowest BCUT2D eigenvalue weighted by Crippen LogP contribution is -2.47. The van der Waals surface area contributed by atoms with Crippen molar-refractivity contribution < 1.29 is 4.79 Å². The van der Waals surface area contributed by atoms with E-state index in [-0.39, 0.29) is 17.4 Å². The van der Waals surface area contributed by atoms with Crippen molar-refractivity contribution in [1.82, 2.24) is 5.32 Å². The van der Waals surface area contributed by atoms with Gasteiger partial charge in [0.25, 0.3) is 0 Å². The number of amides is 1. The summed E-state index contributed by atoms with van der Waals surface area (Å²) in [4.78, 5) is 11.2. The standard InChI is InChI=1S/C9H13NO/c1-5-4-9(3)7(5)6(2)8(11)10-9/h4,6-7H,1-3H3,(H,10,11)/t6-,7-,9+/m1/s1. The molecule has 1 aliphatic carbocycles. The van der Waals surface area contributed by atoms with Gasteiger partial charge in [-0.05, 0) is 13.8 Å². The first-order valence-electron chi connectivity index (χ1n) is 4.06. The van der Waals surface area contributed by atoms with Gasteiger partial charge in [-0.1, -0.05) is 18.6 Å². The number of nitrogens with one attached hydrogen (secondary N) is 1. The van der Waals surface area contributed by atoms with Crippen LogP contribution in [0.3, 0.4) is 0 Å². The molecular weight excluding hydrogens is 138 g/mol. The fraction of sp³-hybridized carbons (Fsp3) is 0.667. The Bertz CT molecular complexity index is 256. The second-order valence-electron chi connectivity index (χ2n) is 3.93. The lowest BCUT2D eigenvalue weighted by molar-refractivity contribution is -0.122. The van der Waals surface area contributed by atoms with E-state index >= 15 is 0 Å². The molecule has 1 saturated heterocycles. The van der Waals surface area contributed by atoms with E-state index in [1.807, 2.05) is 6.92 Å². The lowest BCUT2D eigenvalue weighted by atomic mass is 9.68. The molecule has 1 N–H and O–H groups in total. The number of hydrogen-bond donors (Lipinski definition) is 1. The van der Waals surface area contributed by atoms with Gasteiger partial charge in [-0.15, -0.1) is 0 Å². The molecule has 0 saturated carbocycles. The summed E-state index contributed by atoms with van der Waals surface area (Å²) in [6.45, 7) is 6.19. The smallest absolute Gasteiger partial charge is 0.224 e.